The van der Waals surface area contributed by atoms with Crippen LogP contribution in [-0.2, 0) is 9.53 Å². The van der Waals surface area contributed by atoms with Crippen molar-refractivity contribution in [2.45, 2.75) is 39.3 Å². The Morgan fingerprint density at radius 1 is 1.47 bits per heavy atom. The molecule has 0 amide bonds. The molecule has 19 heavy (non-hydrogen) atoms. The van der Waals surface area contributed by atoms with Crippen molar-refractivity contribution >= 4 is 17.7 Å². The molecular formula is C14H25NO3S. The number of carbonyl (C=O) groups is 1. The molecule has 5 heteroatoms. The molecule has 0 spiro atoms. The van der Waals surface area contributed by atoms with Crippen LogP contribution in [0.15, 0.2) is 0 Å². The van der Waals surface area contributed by atoms with E-state index in [4.69, 9.17) is 4.74 Å². The van der Waals surface area contributed by atoms with Crippen molar-refractivity contribution in [2.75, 3.05) is 31.3 Å². The van der Waals surface area contributed by atoms with Crippen LogP contribution in [0.4, 0.5) is 0 Å². The van der Waals surface area contributed by atoms with Gasteiger partial charge in [-0.3, -0.25) is 9.69 Å². The van der Waals surface area contributed by atoms with Crippen molar-refractivity contribution in [3.05, 3.63) is 0 Å². The zero-order chi connectivity index (χ0) is 14.0. The normalized spacial score (nSPS) is 34.6. The number of likely N-dealkylation sites (N-methyl/N-ethyl adjacent to an activating group) is 1. The Bertz CT molecular complexity index is 335. The lowest BCUT2D eigenvalue weighted by atomic mass is 9.80. The topological polar surface area (TPSA) is 49.8 Å². The quantitative estimate of drug-likeness (QED) is 0.856. The van der Waals surface area contributed by atoms with Crippen molar-refractivity contribution in [3.8, 4) is 0 Å². The van der Waals surface area contributed by atoms with Gasteiger partial charge in [-0.2, -0.15) is 11.8 Å². The van der Waals surface area contributed by atoms with E-state index in [0.717, 1.165) is 12.3 Å². The van der Waals surface area contributed by atoms with Crippen LogP contribution < -0.4 is 0 Å². The Hall–Kier alpha value is -0.260. The van der Waals surface area contributed by atoms with Crippen LogP contribution in [0.3, 0.4) is 0 Å². The first-order valence-electron chi connectivity index (χ1n) is 7.11. The van der Waals surface area contributed by atoms with Gasteiger partial charge in [0.25, 0.3) is 0 Å². The maximum atomic E-state index is 11.4. The number of carboxylic acids is 1. The highest BCUT2D eigenvalue weighted by Gasteiger charge is 2.44. The van der Waals surface area contributed by atoms with E-state index < -0.39 is 5.97 Å². The predicted molar refractivity (Wildman–Crippen MR) is 77.6 cm³/mol. The smallest absolute Gasteiger partial charge is 0.310 e. The second-order valence-corrected chi connectivity index (χ2v) is 7.36. The number of hydrogen-bond donors (Lipinski definition) is 1. The van der Waals surface area contributed by atoms with E-state index in [1.807, 2.05) is 11.8 Å². The van der Waals surface area contributed by atoms with Crippen LogP contribution >= 0.6 is 11.8 Å². The summed E-state index contributed by atoms with van der Waals surface area (Å²) in [5.41, 5.74) is 0.257. The molecule has 0 aromatic rings. The van der Waals surface area contributed by atoms with Gasteiger partial charge in [0.15, 0.2) is 0 Å². The molecule has 2 fully saturated rings. The van der Waals surface area contributed by atoms with Gasteiger partial charge in [0.05, 0.1) is 19.1 Å². The standard InChI is InChI=1S/C14H25NO3S/c1-4-15(11-8-18-7-10(11)13(16)17)12-9-19-6-5-14(12,2)3/h10-12H,4-9H2,1-3H3,(H,16,17). The highest BCUT2D eigenvalue weighted by atomic mass is 32.2. The second kappa shape index (κ2) is 6.02. The fourth-order valence-electron chi connectivity index (χ4n) is 3.26. The molecule has 2 aliphatic rings. The third-order valence-corrected chi connectivity index (χ3v) is 5.67. The first-order chi connectivity index (χ1) is 8.97. The summed E-state index contributed by atoms with van der Waals surface area (Å²) in [7, 11) is 0. The molecule has 4 nitrogen and oxygen atoms in total. The number of rotatable bonds is 4. The highest BCUT2D eigenvalue weighted by Crippen LogP contribution is 2.39. The predicted octanol–water partition coefficient (Wildman–Crippen LogP) is 1.94. The molecule has 3 unspecified atom stereocenters. The number of nitrogens with zero attached hydrogens (tertiary/aromatic N) is 1. The van der Waals surface area contributed by atoms with E-state index in [1.54, 1.807) is 0 Å². The van der Waals surface area contributed by atoms with Gasteiger partial charge in [0, 0.05) is 17.8 Å². The summed E-state index contributed by atoms with van der Waals surface area (Å²) in [5.74, 6) is 1.22. The minimum absolute atomic E-state index is 0.0328. The molecular weight excluding hydrogens is 262 g/mol. The number of carboxylic acid groups (broad SMARTS) is 1. The minimum atomic E-state index is -0.720. The zero-order valence-electron chi connectivity index (χ0n) is 12.1. The summed E-state index contributed by atoms with van der Waals surface area (Å²) in [6.45, 7) is 8.56. The van der Waals surface area contributed by atoms with Crippen LogP contribution in [0.1, 0.15) is 27.2 Å². The van der Waals surface area contributed by atoms with Crippen LogP contribution in [0.5, 0.6) is 0 Å². The minimum Gasteiger partial charge on any atom is -0.481 e. The maximum Gasteiger partial charge on any atom is 0.310 e. The summed E-state index contributed by atoms with van der Waals surface area (Å²) in [6.07, 6.45) is 1.20. The average molecular weight is 287 g/mol. The van der Waals surface area contributed by atoms with Gasteiger partial charge in [0.2, 0.25) is 0 Å². The molecule has 110 valence electrons. The fourth-order valence-corrected chi connectivity index (χ4v) is 4.96. The summed E-state index contributed by atoms with van der Waals surface area (Å²) in [4.78, 5) is 13.8. The largest absolute Gasteiger partial charge is 0.481 e. The van der Waals surface area contributed by atoms with E-state index in [0.29, 0.717) is 19.3 Å². The number of aliphatic carboxylic acids is 1. The first-order valence-corrected chi connectivity index (χ1v) is 8.27. The lowest BCUT2D eigenvalue weighted by Gasteiger charge is -2.47. The van der Waals surface area contributed by atoms with E-state index in [1.165, 1.54) is 12.2 Å². The third-order valence-electron chi connectivity index (χ3n) is 4.63. The van der Waals surface area contributed by atoms with Crippen molar-refractivity contribution in [3.63, 3.8) is 0 Å². The number of hydrogen-bond acceptors (Lipinski definition) is 4. The van der Waals surface area contributed by atoms with Crippen LogP contribution in [0.25, 0.3) is 0 Å². The van der Waals surface area contributed by atoms with Gasteiger partial charge >= 0.3 is 5.97 Å². The van der Waals surface area contributed by atoms with Crippen LogP contribution in [0, 0.1) is 11.3 Å². The molecule has 0 radical (unpaired) electrons. The van der Waals surface area contributed by atoms with Crippen molar-refractivity contribution < 1.29 is 14.6 Å². The zero-order valence-corrected chi connectivity index (χ0v) is 12.9. The Balaban J connectivity index is 2.16. The molecule has 2 heterocycles. The van der Waals surface area contributed by atoms with Gasteiger partial charge in [0.1, 0.15) is 0 Å². The summed E-state index contributed by atoms with van der Waals surface area (Å²) >= 11 is 1.99. The molecule has 2 aliphatic heterocycles. The lowest BCUT2D eigenvalue weighted by Crippen LogP contribution is -2.56. The van der Waals surface area contributed by atoms with Gasteiger partial charge in [-0.05, 0) is 24.1 Å². The van der Waals surface area contributed by atoms with E-state index >= 15 is 0 Å². The van der Waals surface area contributed by atoms with Gasteiger partial charge in [-0.25, -0.2) is 0 Å². The van der Waals surface area contributed by atoms with E-state index in [-0.39, 0.29) is 17.4 Å². The molecule has 3 atom stereocenters. The molecule has 2 rings (SSSR count). The summed E-state index contributed by atoms with van der Waals surface area (Å²) < 4.78 is 5.44. The molecule has 0 aliphatic carbocycles. The van der Waals surface area contributed by atoms with Crippen LogP contribution in [0.2, 0.25) is 0 Å². The molecule has 0 bridgehead atoms. The van der Waals surface area contributed by atoms with Gasteiger partial charge in [-0.15, -0.1) is 0 Å². The van der Waals surface area contributed by atoms with E-state index in [2.05, 4.69) is 25.7 Å². The fraction of sp³-hybridized carbons (Fsp3) is 0.929. The Morgan fingerprint density at radius 2 is 2.21 bits per heavy atom. The molecule has 0 aromatic heterocycles. The van der Waals surface area contributed by atoms with E-state index in [9.17, 15) is 9.90 Å². The average Bonchev–Trinajstić information content (AvgIpc) is 2.81. The lowest BCUT2D eigenvalue weighted by molar-refractivity contribution is -0.143. The summed E-state index contributed by atoms with van der Waals surface area (Å²) in [6, 6.07) is 0.482. The van der Waals surface area contributed by atoms with Gasteiger partial charge in [-0.1, -0.05) is 20.8 Å². The highest BCUT2D eigenvalue weighted by molar-refractivity contribution is 7.99. The SMILES string of the molecule is CCN(C1COCC1C(=O)O)C1CSCCC1(C)C. The first kappa shape index (κ1) is 15.1. The third kappa shape index (κ3) is 3.09. The Morgan fingerprint density at radius 3 is 2.79 bits per heavy atom. The van der Waals surface area contributed by atoms with Crippen LogP contribution in [-0.4, -0.2) is 59.3 Å². The van der Waals surface area contributed by atoms with Crippen molar-refractivity contribution in [1.82, 2.24) is 4.90 Å². The molecule has 0 saturated carbocycles. The van der Waals surface area contributed by atoms with Crippen molar-refractivity contribution in [1.29, 1.82) is 0 Å². The Kier molecular flexibility index (Phi) is 4.79. The monoisotopic (exact) mass is 287 g/mol. The number of ether oxygens (including phenoxy) is 1. The molecule has 1 N–H and O–H groups in total. The molecule has 2 saturated heterocycles. The van der Waals surface area contributed by atoms with Crippen molar-refractivity contribution in [2.24, 2.45) is 11.3 Å². The van der Waals surface area contributed by atoms with Gasteiger partial charge < -0.3 is 9.84 Å². The number of thioether (sulfide) groups is 1. The maximum absolute atomic E-state index is 11.4. The Labute approximate surface area is 119 Å². The summed E-state index contributed by atoms with van der Waals surface area (Å²) in [5, 5.41) is 9.34. The molecule has 0 aromatic carbocycles. The second-order valence-electron chi connectivity index (χ2n) is 6.21.